The molecule has 1 N–H and O–H groups in total. The number of nitrogens with zero attached hydrogens (tertiary/aromatic N) is 1. The van der Waals surface area contributed by atoms with Crippen molar-refractivity contribution in [1.82, 2.24) is 5.16 Å². The molecule has 2 aromatic rings. The van der Waals surface area contributed by atoms with E-state index in [0.29, 0.717) is 11.1 Å². The van der Waals surface area contributed by atoms with Crippen LogP contribution in [-0.2, 0) is 0 Å². The van der Waals surface area contributed by atoms with E-state index >= 15 is 0 Å². The van der Waals surface area contributed by atoms with Gasteiger partial charge < -0.3 is 9.63 Å². The molecular weight excluding hydrogens is 213 g/mol. The van der Waals surface area contributed by atoms with E-state index in [1.807, 2.05) is 0 Å². The van der Waals surface area contributed by atoms with Crippen molar-refractivity contribution in [3.05, 3.63) is 41.3 Å². The van der Waals surface area contributed by atoms with Crippen LogP contribution in [0.5, 0.6) is 0 Å². The normalized spacial score (nSPS) is 10.4. The molecule has 0 radical (unpaired) electrons. The van der Waals surface area contributed by atoms with Crippen LogP contribution in [0.25, 0.3) is 11.3 Å². The van der Waals surface area contributed by atoms with E-state index in [-0.39, 0.29) is 11.5 Å². The molecule has 16 heavy (non-hydrogen) atoms. The minimum Gasteiger partial charge on any atom is -0.476 e. The summed E-state index contributed by atoms with van der Waals surface area (Å²) in [4.78, 5) is 10.7. The highest BCUT2D eigenvalue weighted by Crippen LogP contribution is 2.25. The molecule has 0 saturated heterocycles. The number of carboxylic acids is 1. The molecule has 0 atom stereocenters. The Kier molecular flexibility index (Phi) is 2.44. The predicted octanol–water partition coefficient (Wildman–Crippen LogP) is 2.49. The van der Waals surface area contributed by atoms with Crippen molar-refractivity contribution >= 4 is 5.97 Å². The summed E-state index contributed by atoms with van der Waals surface area (Å²) in [5, 5.41) is 12.2. The van der Waals surface area contributed by atoms with Crippen LogP contribution in [0.3, 0.4) is 0 Å². The minimum absolute atomic E-state index is 0.153. The second-order valence-electron chi connectivity index (χ2n) is 3.30. The average Bonchev–Trinajstić information content (AvgIpc) is 2.60. The lowest BCUT2D eigenvalue weighted by atomic mass is 10.1. The lowest BCUT2D eigenvalue weighted by molar-refractivity contribution is 0.0685. The molecule has 0 spiro atoms. The fraction of sp³-hybridized carbons (Fsp3) is 0.0909. The first-order valence-corrected chi connectivity index (χ1v) is 4.55. The van der Waals surface area contributed by atoms with Gasteiger partial charge in [-0.25, -0.2) is 9.18 Å². The SMILES string of the molecule is Cc1c(C(=O)O)noc1-c1cccc(F)c1. The zero-order chi connectivity index (χ0) is 11.7. The monoisotopic (exact) mass is 221 g/mol. The summed E-state index contributed by atoms with van der Waals surface area (Å²) >= 11 is 0. The summed E-state index contributed by atoms with van der Waals surface area (Å²) in [6.45, 7) is 1.57. The standard InChI is InChI=1S/C11H8FNO3/c1-6-9(11(14)15)13-16-10(6)7-3-2-4-8(12)5-7/h2-5H,1H3,(H,14,15). The highest BCUT2D eigenvalue weighted by Gasteiger charge is 2.18. The van der Waals surface area contributed by atoms with E-state index in [0.717, 1.165) is 0 Å². The van der Waals surface area contributed by atoms with Gasteiger partial charge in [-0.05, 0) is 19.1 Å². The van der Waals surface area contributed by atoms with Gasteiger partial charge in [-0.3, -0.25) is 0 Å². The zero-order valence-electron chi connectivity index (χ0n) is 8.40. The molecule has 0 bridgehead atoms. The van der Waals surface area contributed by atoms with E-state index in [4.69, 9.17) is 9.63 Å². The molecule has 0 saturated carbocycles. The molecule has 82 valence electrons. The molecule has 5 heteroatoms. The number of aromatic carboxylic acids is 1. The Morgan fingerprint density at radius 2 is 2.25 bits per heavy atom. The molecular formula is C11H8FNO3. The lowest BCUT2D eigenvalue weighted by Gasteiger charge is -1.97. The summed E-state index contributed by atoms with van der Waals surface area (Å²) in [5.41, 5.74) is 0.704. The first-order valence-electron chi connectivity index (χ1n) is 4.55. The Morgan fingerprint density at radius 1 is 1.50 bits per heavy atom. The van der Waals surface area contributed by atoms with Gasteiger partial charge in [-0.15, -0.1) is 0 Å². The van der Waals surface area contributed by atoms with Crippen LogP contribution in [-0.4, -0.2) is 16.2 Å². The van der Waals surface area contributed by atoms with E-state index in [2.05, 4.69) is 5.16 Å². The van der Waals surface area contributed by atoms with Gasteiger partial charge in [0.2, 0.25) is 0 Å². The fourth-order valence-corrected chi connectivity index (χ4v) is 1.43. The van der Waals surface area contributed by atoms with Gasteiger partial charge in [-0.2, -0.15) is 0 Å². The number of carboxylic acid groups (broad SMARTS) is 1. The molecule has 1 aromatic heterocycles. The quantitative estimate of drug-likeness (QED) is 0.846. The second-order valence-corrected chi connectivity index (χ2v) is 3.30. The highest BCUT2D eigenvalue weighted by molar-refractivity contribution is 5.88. The van der Waals surface area contributed by atoms with Crippen LogP contribution in [0.1, 0.15) is 16.1 Å². The topological polar surface area (TPSA) is 63.3 Å². The summed E-state index contributed by atoms with van der Waals surface area (Å²) in [6.07, 6.45) is 0. The first-order chi connectivity index (χ1) is 7.59. The number of aromatic nitrogens is 1. The number of halogens is 1. The molecule has 0 aliphatic carbocycles. The number of hydrogen-bond acceptors (Lipinski definition) is 3. The van der Waals surface area contributed by atoms with Crippen LogP contribution >= 0.6 is 0 Å². The Labute approximate surface area is 90.3 Å². The van der Waals surface area contributed by atoms with E-state index in [1.165, 1.54) is 18.2 Å². The summed E-state index contributed by atoms with van der Waals surface area (Å²) in [7, 11) is 0. The Morgan fingerprint density at radius 3 is 2.81 bits per heavy atom. The predicted molar refractivity (Wildman–Crippen MR) is 53.6 cm³/mol. The third-order valence-electron chi connectivity index (χ3n) is 2.21. The average molecular weight is 221 g/mol. The van der Waals surface area contributed by atoms with Crippen LogP contribution in [0.2, 0.25) is 0 Å². The summed E-state index contributed by atoms with van der Waals surface area (Å²) in [5.74, 6) is -1.30. The van der Waals surface area contributed by atoms with Gasteiger partial charge >= 0.3 is 5.97 Å². The van der Waals surface area contributed by atoms with Gasteiger partial charge in [0.1, 0.15) is 5.82 Å². The van der Waals surface area contributed by atoms with Gasteiger partial charge in [0.05, 0.1) is 0 Å². The first kappa shape index (κ1) is 10.4. The molecule has 0 amide bonds. The van der Waals surface area contributed by atoms with Gasteiger partial charge in [0, 0.05) is 11.1 Å². The maximum atomic E-state index is 13.0. The van der Waals surface area contributed by atoms with E-state index in [1.54, 1.807) is 13.0 Å². The number of benzene rings is 1. The highest BCUT2D eigenvalue weighted by atomic mass is 19.1. The molecule has 0 aliphatic rings. The third-order valence-corrected chi connectivity index (χ3v) is 2.21. The summed E-state index contributed by atoms with van der Waals surface area (Å²) < 4.78 is 17.9. The van der Waals surface area contributed by atoms with Crippen molar-refractivity contribution < 1.29 is 18.8 Å². The Hall–Kier alpha value is -2.17. The fourth-order valence-electron chi connectivity index (χ4n) is 1.43. The van der Waals surface area contributed by atoms with E-state index in [9.17, 15) is 9.18 Å². The lowest BCUT2D eigenvalue weighted by Crippen LogP contribution is -1.98. The molecule has 2 rings (SSSR count). The molecule has 0 aliphatic heterocycles. The molecule has 0 unspecified atom stereocenters. The van der Waals surface area contributed by atoms with Crippen LogP contribution in [0.4, 0.5) is 4.39 Å². The smallest absolute Gasteiger partial charge is 0.358 e. The summed E-state index contributed by atoms with van der Waals surface area (Å²) in [6, 6.07) is 5.71. The maximum Gasteiger partial charge on any atom is 0.358 e. The molecule has 1 aromatic carbocycles. The Bertz CT molecular complexity index is 548. The van der Waals surface area contributed by atoms with Gasteiger partial charge in [0.25, 0.3) is 0 Å². The van der Waals surface area contributed by atoms with Crippen molar-refractivity contribution in [3.63, 3.8) is 0 Å². The van der Waals surface area contributed by atoms with E-state index < -0.39 is 11.8 Å². The Balaban J connectivity index is 2.53. The number of hydrogen-bond donors (Lipinski definition) is 1. The third kappa shape index (κ3) is 1.67. The maximum absolute atomic E-state index is 13.0. The molecule has 0 fully saturated rings. The number of rotatable bonds is 2. The van der Waals surface area contributed by atoms with Crippen molar-refractivity contribution in [3.8, 4) is 11.3 Å². The van der Waals surface area contributed by atoms with Crippen LogP contribution in [0.15, 0.2) is 28.8 Å². The van der Waals surface area contributed by atoms with Gasteiger partial charge in [-0.1, -0.05) is 17.3 Å². The van der Waals surface area contributed by atoms with Gasteiger partial charge in [0.15, 0.2) is 11.5 Å². The van der Waals surface area contributed by atoms with Crippen molar-refractivity contribution in [2.75, 3.05) is 0 Å². The van der Waals surface area contributed by atoms with Crippen molar-refractivity contribution in [2.45, 2.75) is 6.92 Å². The van der Waals surface area contributed by atoms with Crippen LogP contribution < -0.4 is 0 Å². The second kappa shape index (κ2) is 3.77. The van der Waals surface area contributed by atoms with Crippen LogP contribution in [0, 0.1) is 12.7 Å². The number of carbonyl (C=O) groups is 1. The largest absolute Gasteiger partial charge is 0.476 e. The molecule has 4 nitrogen and oxygen atoms in total. The zero-order valence-corrected chi connectivity index (χ0v) is 8.40. The molecule has 1 heterocycles. The minimum atomic E-state index is -1.16. The van der Waals surface area contributed by atoms with Crippen molar-refractivity contribution in [1.29, 1.82) is 0 Å². The van der Waals surface area contributed by atoms with Crippen molar-refractivity contribution in [2.24, 2.45) is 0 Å².